The van der Waals surface area contributed by atoms with Crippen LogP contribution in [0.15, 0.2) is 24.3 Å². The Morgan fingerprint density at radius 2 is 1.81 bits per heavy atom. The highest BCUT2D eigenvalue weighted by molar-refractivity contribution is 5.35. The minimum Gasteiger partial charge on any atom is -0.491 e. The minimum atomic E-state index is -0.485. The van der Waals surface area contributed by atoms with Crippen LogP contribution in [0, 0.1) is 11.3 Å². The molecular formula is C18H30O3. The van der Waals surface area contributed by atoms with Crippen molar-refractivity contribution in [3.63, 3.8) is 0 Å². The van der Waals surface area contributed by atoms with Gasteiger partial charge in [-0.1, -0.05) is 45.9 Å². The average Bonchev–Trinajstić information content (AvgIpc) is 2.37. The summed E-state index contributed by atoms with van der Waals surface area (Å²) >= 11 is 0. The zero-order chi connectivity index (χ0) is 15.9. The van der Waals surface area contributed by atoms with Gasteiger partial charge < -0.3 is 14.6 Å². The van der Waals surface area contributed by atoms with Crippen molar-refractivity contribution < 1.29 is 14.6 Å². The molecule has 1 aromatic rings. The number of ether oxygens (including phenoxy) is 2. The van der Waals surface area contributed by atoms with Crippen molar-refractivity contribution in [3.05, 3.63) is 29.8 Å². The van der Waals surface area contributed by atoms with E-state index in [1.165, 1.54) is 0 Å². The molecule has 21 heavy (non-hydrogen) atoms. The van der Waals surface area contributed by atoms with E-state index in [0.717, 1.165) is 24.2 Å². The van der Waals surface area contributed by atoms with E-state index in [0.29, 0.717) is 19.1 Å². The van der Waals surface area contributed by atoms with E-state index in [9.17, 15) is 5.11 Å². The lowest BCUT2D eigenvalue weighted by Gasteiger charge is -2.25. The summed E-state index contributed by atoms with van der Waals surface area (Å²) in [5.74, 6) is 1.22. The van der Waals surface area contributed by atoms with Gasteiger partial charge in [-0.05, 0) is 30.2 Å². The summed E-state index contributed by atoms with van der Waals surface area (Å²) in [5, 5.41) is 10.5. The predicted octanol–water partition coefficient (Wildman–Crippen LogP) is 4.21. The highest BCUT2D eigenvalue weighted by Gasteiger charge is 2.20. The lowest BCUT2D eigenvalue weighted by Crippen LogP contribution is -2.14. The van der Waals surface area contributed by atoms with Crippen LogP contribution >= 0.6 is 0 Å². The van der Waals surface area contributed by atoms with E-state index in [-0.39, 0.29) is 5.41 Å². The van der Waals surface area contributed by atoms with Gasteiger partial charge in [0, 0.05) is 12.7 Å². The van der Waals surface area contributed by atoms with Crippen LogP contribution in [-0.2, 0) is 4.74 Å². The Morgan fingerprint density at radius 3 is 2.43 bits per heavy atom. The minimum absolute atomic E-state index is 0.285. The van der Waals surface area contributed by atoms with Crippen LogP contribution in [0.2, 0.25) is 0 Å². The smallest absolute Gasteiger partial charge is 0.125 e. The first-order valence-electron chi connectivity index (χ1n) is 7.72. The molecule has 1 rings (SSSR count). The second-order valence-corrected chi connectivity index (χ2v) is 7.00. The zero-order valence-electron chi connectivity index (χ0n) is 14.1. The lowest BCUT2D eigenvalue weighted by atomic mass is 9.82. The fourth-order valence-electron chi connectivity index (χ4n) is 2.76. The Bertz CT molecular complexity index is 409. The number of hydrogen-bond donors (Lipinski definition) is 1. The molecule has 0 aliphatic rings. The second-order valence-electron chi connectivity index (χ2n) is 7.00. The van der Waals surface area contributed by atoms with E-state index in [2.05, 4.69) is 27.7 Å². The Morgan fingerprint density at radius 1 is 1.14 bits per heavy atom. The second kappa shape index (κ2) is 8.40. The molecule has 3 nitrogen and oxygen atoms in total. The molecule has 120 valence electrons. The van der Waals surface area contributed by atoms with Crippen LogP contribution in [-0.4, -0.2) is 25.4 Å². The quantitative estimate of drug-likeness (QED) is 0.730. The van der Waals surface area contributed by atoms with Crippen molar-refractivity contribution in [2.75, 3.05) is 20.3 Å². The molecule has 0 fully saturated rings. The standard InChI is InChI=1S/C18H30O3/c1-14(13-18(2,3)4)12-16(19)15-8-6-7-9-17(15)21-11-10-20-5/h6-9,14,16,19H,10-13H2,1-5H3. The Kier molecular flexibility index (Phi) is 7.20. The zero-order valence-corrected chi connectivity index (χ0v) is 14.1. The molecule has 0 aliphatic heterocycles. The van der Waals surface area contributed by atoms with Crippen molar-refractivity contribution in [3.8, 4) is 5.75 Å². The lowest BCUT2D eigenvalue weighted by molar-refractivity contribution is 0.122. The van der Waals surface area contributed by atoms with Gasteiger partial charge in [0.25, 0.3) is 0 Å². The van der Waals surface area contributed by atoms with Crippen LogP contribution < -0.4 is 4.74 Å². The number of rotatable bonds is 8. The van der Waals surface area contributed by atoms with Gasteiger partial charge in [0.1, 0.15) is 12.4 Å². The summed E-state index contributed by atoms with van der Waals surface area (Å²) in [7, 11) is 1.65. The van der Waals surface area contributed by atoms with Crippen molar-refractivity contribution in [1.29, 1.82) is 0 Å². The van der Waals surface area contributed by atoms with E-state index >= 15 is 0 Å². The first-order valence-corrected chi connectivity index (χ1v) is 7.72. The monoisotopic (exact) mass is 294 g/mol. The SMILES string of the molecule is COCCOc1ccccc1C(O)CC(C)CC(C)(C)C. The first-order chi connectivity index (χ1) is 9.83. The van der Waals surface area contributed by atoms with Gasteiger partial charge in [-0.25, -0.2) is 0 Å². The first kappa shape index (κ1) is 18.0. The third-order valence-electron chi connectivity index (χ3n) is 3.41. The summed E-state index contributed by atoms with van der Waals surface area (Å²) in [5.41, 5.74) is 1.16. The summed E-state index contributed by atoms with van der Waals surface area (Å²) in [4.78, 5) is 0. The molecule has 0 amide bonds. The number of methoxy groups -OCH3 is 1. The van der Waals surface area contributed by atoms with Crippen molar-refractivity contribution in [1.82, 2.24) is 0 Å². The van der Waals surface area contributed by atoms with Crippen LogP contribution in [0.1, 0.15) is 52.2 Å². The summed E-state index contributed by atoms with van der Waals surface area (Å²) in [6.07, 6.45) is 1.36. The van der Waals surface area contributed by atoms with Crippen molar-refractivity contribution >= 4 is 0 Å². The van der Waals surface area contributed by atoms with E-state index in [1.807, 2.05) is 24.3 Å². The number of benzene rings is 1. The van der Waals surface area contributed by atoms with E-state index in [1.54, 1.807) is 7.11 Å². The molecule has 0 radical (unpaired) electrons. The van der Waals surface area contributed by atoms with Gasteiger partial charge in [0.05, 0.1) is 12.7 Å². The van der Waals surface area contributed by atoms with Gasteiger partial charge in [-0.15, -0.1) is 0 Å². The molecule has 3 heteroatoms. The van der Waals surface area contributed by atoms with E-state index < -0.39 is 6.10 Å². The molecule has 0 bridgehead atoms. The normalized spacial score (nSPS) is 14.8. The number of hydrogen-bond acceptors (Lipinski definition) is 3. The highest BCUT2D eigenvalue weighted by atomic mass is 16.5. The van der Waals surface area contributed by atoms with Crippen molar-refractivity contribution in [2.45, 2.75) is 46.6 Å². The summed E-state index contributed by atoms with van der Waals surface area (Å²) in [6, 6.07) is 7.71. The molecule has 0 heterocycles. The molecule has 1 aromatic carbocycles. The van der Waals surface area contributed by atoms with E-state index in [4.69, 9.17) is 9.47 Å². The van der Waals surface area contributed by atoms with Gasteiger partial charge in [0.2, 0.25) is 0 Å². The maximum atomic E-state index is 10.5. The maximum absolute atomic E-state index is 10.5. The Balaban J connectivity index is 2.66. The maximum Gasteiger partial charge on any atom is 0.125 e. The number of para-hydroxylation sites is 1. The number of aliphatic hydroxyl groups excluding tert-OH is 1. The molecule has 2 atom stereocenters. The molecular weight excluding hydrogens is 264 g/mol. The van der Waals surface area contributed by atoms with Crippen LogP contribution in [0.4, 0.5) is 0 Å². The van der Waals surface area contributed by atoms with Crippen molar-refractivity contribution in [2.24, 2.45) is 11.3 Å². The van der Waals surface area contributed by atoms with Gasteiger partial charge in [0.15, 0.2) is 0 Å². The molecule has 0 spiro atoms. The fourth-order valence-corrected chi connectivity index (χ4v) is 2.76. The molecule has 0 saturated carbocycles. The van der Waals surface area contributed by atoms with Crippen LogP contribution in [0.25, 0.3) is 0 Å². The molecule has 0 aliphatic carbocycles. The summed E-state index contributed by atoms with van der Waals surface area (Å²) in [6.45, 7) is 9.94. The fraction of sp³-hybridized carbons (Fsp3) is 0.667. The van der Waals surface area contributed by atoms with Gasteiger partial charge in [-0.2, -0.15) is 0 Å². The van der Waals surface area contributed by atoms with Crippen LogP contribution in [0.3, 0.4) is 0 Å². The third-order valence-corrected chi connectivity index (χ3v) is 3.41. The molecule has 2 unspecified atom stereocenters. The molecule has 0 saturated heterocycles. The topological polar surface area (TPSA) is 38.7 Å². The predicted molar refractivity (Wildman–Crippen MR) is 86.6 cm³/mol. The van der Waals surface area contributed by atoms with Gasteiger partial charge >= 0.3 is 0 Å². The largest absolute Gasteiger partial charge is 0.491 e. The molecule has 1 N–H and O–H groups in total. The third kappa shape index (κ3) is 6.96. The van der Waals surface area contributed by atoms with Crippen LogP contribution in [0.5, 0.6) is 5.75 Å². The molecule has 0 aromatic heterocycles. The summed E-state index contributed by atoms with van der Waals surface area (Å²) < 4.78 is 10.7. The van der Waals surface area contributed by atoms with Gasteiger partial charge in [-0.3, -0.25) is 0 Å². The number of aliphatic hydroxyl groups is 1. The highest BCUT2D eigenvalue weighted by Crippen LogP contribution is 2.33. The average molecular weight is 294 g/mol. The Labute approximate surface area is 129 Å². The Hall–Kier alpha value is -1.06.